The maximum atomic E-state index is 11.8. The second kappa shape index (κ2) is 7.93. The van der Waals surface area contributed by atoms with Gasteiger partial charge in [0, 0.05) is 22.5 Å². The molecule has 0 aromatic heterocycles. The Kier molecular flexibility index (Phi) is 6.13. The van der Waals surface area contributed by atoms with E-state index in [4.69, 9.17) is 29.6 Å². The highest BCUT2D eigenvalue weighted by Crippen LogP contribution is 2.48. The van der Waals surface area contributed by atoms with Gasteiger partial charge >= 0.3 is 5.97 Å². The molecule has 0 bridgehead atoms. The minimum absolute atomic E-state index is 0.310. The van der Waals surface area contributed by atoms with E-state index in [1.165, 1.54) is 0 Å². The molecular formula is C20H19Cl2NO2. The van der Waals surface area contributed by atoms with Gasteiger partial charge in [0.15, 0.2) is 0 Å². The van der Waals surface area contributed by atoms with Gasteiger partial charge in [-0.05, 0) is 36.3 Å². The van der Waals surface area contributed by atoms with E-state index >= 15 is 0 Å². The third kappa shape index (κ3) is 3.82. The largest absolute Gasteiger partial charge is 0.480 e. The molecule has 1 saturated heterocycles. The molecule has 130 valence electrons. The van der Waals surface area contributed by atoms with Gasteiger partial charge in [-0.3, -0.25) is 4.79 Å². The molecule has 1 aromatic carbocycles. The number of allylic oxidation sites excluding steroid dienone is 4. The zero-order valence-electron chi connectivity index (χ0n) is 13.8. The molecule has 25 heavy (non-hydrogen) atoms. The Morgan fingerprint density at radius 3 is 2.76 bits per heavy atom. The third-order valence-corrected chi connectivity index (χ3v) is 4.79. The number of terminal acetylenes is 1. The average Bonchev–Trinajstić information content (AvgIpc) is 2.96. The number of carboxylic acids is 1. The molecule has 0 aliphatic carbocycles. The van der Waals surface area contributed by atoms with E-state index in [2.05, 4.69) is 17.8 Å². The molecule has 1 fully saturated rings. The summed E-state index contributed by atoms with van der Waals surface area (Å²) in [6.07, 6.45) is 11.1. The standard InChI is InChI=1S/C20H19Cl2NO2/c1-4-15(10-9-13(3)21)20(5-2)12-23-18(19(24)25)17(20)14-7-6-8-16(22)11-14/h2,4,6-11,17-18,23H,1,12H2,3H3,(H,24,25)/b13-9+,15-10+/t17-,18+,20?/m0/s1. The highest BCUT2D eigenvalue weighted by atomic mass is 35.5. The van der Waals surface area contributed by atoms with Crippen LogP contribution in [0.3, 0.4) is 0 Å². The van der Waals surface area contributed by atoms with Crippen LogP contribution >= 0.6 is 23.2 Å². The van der Waals surface area contributed by atoms with Crippen LogP contribution in [0.25, 0.3) is 0 Å². The number of halogens is 2. The Labute approximate surface area is 158 Å². The minimum atomic E-state index is -0.963. The van der Waals surface area contributed by atoms with Crippen molar-refractivity contribution in [3.8, 4) is 12.3 Å². The number of aliphatic carboxylic acids is 1. The number of benzene rings is 1. The van der Waals surface area contributed by atoms with Crippen LogP contribution in [0.15, 0.2) is 59.7 Å². The smallest absolute Gasteiger partial charge is 0.321 e. The first-order valence-electron chi connectivity index (χ1n) is 7.72. The molecule has 2 rings (SSSR count). The molecule has 1 aliphatic rings. The lowest BCUT2D eigenvalue weighted by Gasteiger charge is -2.32. The van der Waals surface area contributed by atoms with Crippen molar-refractivity contribution in [3.63, 3.8) is 0 Å². The molecule has 0 amide bonds. The summed E-state index contributed by atoms with van der Waals surface area (Å²) in [6.45, 7) is 5.92. The maximum Gasteiger partial charge on any atom is 0.321 e. The number of carbonyl (C=O) groups is 1. The van der Waals surface area contributed by atoms with Crippen LogP contribution in [0.4, 0.5) is 0 Å². The van der Waals surface area contributed by atoms with Crippen molar-refractivity contribution in [2.45, 2.75) is 18.9 Å². The fourth-order valence-corrected chi connectivity index (χ4v) is 3.56. The van der Waals surface area contributed by atoms with E-state index < -0.39 is 23.3 Å². The summed E-state index contributed by atoms with van der Waals surface area (Å²) >= 11 is 12.1. The second-order valence-electron chi connectivity index (χ2n) is 5.92. The highest BCUT2D eigenvalue weighted by Gasteiger charge is 2.52. The number of rotatable bonds is 5. The molecule has 0 saturated carbocycles. The Bertz CT molecular complexity index is 787. The predicted octanol–water partition coefficient (Wildman–Crippen LogP) is 4.35. The average molecular weight is 376 g/mol. The molecule has 0 radical (unpaired) electrons. The quantitative estimate of drug-likeness (QED) is 0.593. The first-order chi connectivity index (χ1) is 11.9. The molecule has 0 spiro atoms. The van der Waals surface area contributed by atoms with Gasteiger partial charge in [0.2, 0.25) is 0 Å². The lowest BCUT2D eigenvalue weighted by molar-refractivity contribution is -0.139. The summed E-state index contributed by atoms with van der Waals surface area (Å²) in [5.41, 5.74) is 0.622. The minimum Gasteiger partial charge on any atom is -0.480 e. The molecule has 5 heteroatoms. The van der Waals surface area contributed by atoms with Crippen LogP contribution in [-0.2, 0) is 4.79 Å². The van der Waals surface area contributed by atoms with Gasteiger partial charge in [-0.2, -0.15) is 0 Å². The summed E-state index contributed by atoms with van der Waals surface area (Å²) < 4.78 is 0. The Balaban J connectivity index is 2.67. The first kappa shape index (κ1) is 19.3. The van der Waals surface area contributed by atoms with Crippen molar-refractivity contribution in [2.24, 2.45) is 5.41 Å². The first-order valence-corrected chi connectivity index (χ1v) is 8.47. The van der Waals surface area contributed by atoms with E-state index in [-0.39, 0.29) is 0 Å². The lowest BCUT2D eigenvalue weighted by Crippen LogP contribution is -2.36. The summed E-state index contributed by atoms with van der Waals surface area (Å²) in [4.78, 5) is 11.8. The molecule has 1 unspecified atom stereocenters. The summed E-state index contributed by atoms with van der Waals surface area (Å²) in [5, 5.41) is 13.8. The molecule has 1 aromatic rings. The number of hydrogen-bond donors (Lipinski definition) is 2. The van der Waals surface area contributed by atoms with Crippen molar-refractivity contribution in [3.05, 3.63) is 70.3 Å². The maximum absolute atomic E-state index is 11.8. The van der Waals surface area contributed by atoms with Crippen molar-refractivity contribution in [2.75, 3.05) is 6.54 Å². The van der Waals surface area contributed by atoms with Crippen molar-refractivity contribution < 1.29 is 9.90 Å². The highest BCUT2D eigenvalue weighted by molar-refractivity contribution is 6.30. The van der Waals surface area contributed by atoms with Gasteiger partial charge in [-0.1, -0.05) is 60.0 Å². The van der Waals surface area contributed by atoms with Gasteiger partial charge in [0.1, 0.15) is 6.04 Å². The van der Waals surface area contributed by atoms with Crippen molar-refractivity contribution in [1.82, 2.24) is 5.32 Å². The number of hydrogen-bond acceptors (Lipinski definition) is 2. The van der Waals surface area contributed by atoms with Gasteiger partial charge in [-0.15, -0.1) is 6.42 Å². The van der Waals surface area contributed by atoms with Gasteiger partial charge in [-0.25, -0.2) is 0 Å². The summed E-state index contributed by atoms with van der Waals surface area (Å²) in [5.74, 6) is 1.36. The zero-order valence-corrected chi connectivity index (χ0v) is 15.3. The van der Waals surface area contributed by atoms with Crippen LogP contribution in [0.1, 0.15) is 18.4 Å². The van der Waals surface area contributed by atoms with Gasteiger partial charge in [0.25, 0.3) is 0 Å². The van der Waals surface area contributed by atoms with Crippen LogP contribution in [-0.4, -0.2) is 23.7 Å². The van der Waals surface area contributed by atoms with E-state index in [9.17, 15) is 9.90 Å². The van der Waals surface area contributed by atoms with E-state index in [0.29, 0.717) is 16.6 Å². The SMILES string of the molecule is C#CC1(/C(C=C)=C/C=C(\C)Cl)CN[C@@H](C(=O)O)[C@@H]1c1cccc(Cl)c1. The van der Waals surface area contributed by atoms with E-state index in [1.54, 1.807) is 43.4 Å². The number of nitrogens with one attached hydrogen (secondary N) is 1. The summed E-state index contributed by atoms with van der Waals surface area (Å²) in [6, 6.07) is 6.29. The molecule has 2 N–H and O–H groups in total. The van der Waals surface area contributed by atoms with Crippen LogP contribution in [0, 0.1) is 17.8 Å². The normalized spacial score (nSPS) is 27.0. The lowest BCUT2D eigenvalue weighted by atomic mass is 9.67. The van der Waals surface area contributed by atoms with E-state index in [1.807, 2.05) is 6.07 Å². The van der Waals surface area contributed by atoms with Gasteiger partial charge in [0.05, 0.1) is 5.41 Å². The Morgan fingerprint density at radius 2 is 2.24 bits per heavy atom. The predicted molar refractivity (Wildman–Crippen MR) is 103 cm³/mol. The van der Waals surface area contributed by atoms with E-state index in [0.717, 1.165) is 11.1 Å². The fourth-order valence-electron chi connectivity index (χ4n) is 3.30. The summed E-state index contributed by atoms with van der Waals surface area (Å²) in [7, 11) is 0. The molecule has 1 aliphatic heterocycles. The van der Waals surface area contributed by atoms with Crippen LogP contribution < -0.4 is 5.32 Å². The fraction of sp³-hybridized carbons (Fsp3) is 0.250. The molecule has 3 atom stereocenters. The van der Waals surface area contributed by atoms with Crippen molar-refractivity contribution >= 4 is 29.2 Å². The Hall–Kier alpha value is -1.99. The second-order valence-corrected chi connectivity index (χ2v) is 6.96. The monoisotopic (exact) mass is 375 g/mol. The van der Waals surface area contributed by atoms with Crippen molar-refractivity contribution in [1.29, 1.82) is 0 Å². The molecule has 1 heterocycles. The van der Waals surface area contributed by atoms with Crippen LogP contribution in [0.5, 0.6) is 0 Å². The van der Waals surface area contributed by atoms with Gasteiger partial charge < -0.3 is 10.4 Å². The molecule has 3 nitrogen and oxygen atoms in total. The Morgan fingerprint density at radius 1 is 1.52 bits per heavy atom. The third-order valence-electron chi connectivity index (χ3n) is 4.42. The topological polar surface area (TPSA) is 49.3 Å². The zero-order chi connectivity index (χ0) is 18.6. The molecular weight excluding hydrogens is 357 g/mol. The van der Waals surface area contributed by atoms with Crippen LogP contribution in [0.2, 0.25) is 5.02 Å². The number of carboxylic acid groups (broad SMARTS) is 1.